The molecule has 162 valence electrons. The first-order valence-corrected chi connectivity index (χ1v) is 11.6. The van der Waals surface area contributed by atoms with Crippen LogP contribution in [-0.4, -0.2) is 71.9 Å². The van der Waals surface area contributed by atoms with E-state index in [0.717, 1.165) is 15.5 Å². The Bertz CT molecular complexity index is 867. The highest BCUT2D eigenvalue weighted by molar-refractivity contribution is 7.12. The number of alkyl halides is 3. The number of carbonyl (C=O) groups excluding carboxylic acids is 1. The average Bonchev–Trinajstić information content (AvgIpc) is 3.42. The van der Waals surface area contributed by atoms with E-state index in [1.165, 1.54) is 4.90 Å². The molecule has 1 unspecified atom stereocenters. The topological polar surface area (TPSA) is 39.2 Å². The first kappa shape index (κ1) is 21.5. The van der Waals surface area contributed by atoms with E-state index in [2.05, 4.69) is 5.10 Å². The van der Waals surface area contributed by atoms with E-state index in [0.29, 0.717) is 39.0 Å². The van der Waals surface area contributed by atoms with Crippen LogP contribution < -0.4 is 0 Å². The molecule has 2 aromatic heterocycles. The molecule has 2 aromatic rings. The summed E-state index contributed by atoms with van der Waals surface area (Å²) in [5, 5.41) is 10.2. The minimum atomic E-state index is -4.19. The van der Waals surface area contributed by atoms with Crippen molar-refractivity contribution in [2.24, 2.45) is 5.10 Å². The molecule has 0 aromatic carbocycles. The number of amides is 1. The third kappa shape index (κ3) is 5.29. The van der Waals surface area contributed by atoms with Crippen molar-refractivity contribution in [3.8, 4) is 0 Å². The molecule has 10 heteroatoms. The molecule has 1 atom stereocenters. The molecule has 1 amide bonds. The fourth-order valence-electron chi connectivity index (χ4n) is 3.89. The average molecular weight is 457 g/mol. The van der Waals surface area contributed by atoms with Gasteiger partial charge in [-0.1, -0.05) is 12.1 Å². The predicted octanol–water partition coefficient (Wildman–Crippen LogP) is 4.06. The molecule has 0 spiro atoms. The summed E-state index contributed by atoms with van der Waals surface area (Å²) in [5.41, 5.74) is 0.906. The minimum Gasteiger partial charge on any atom is -0.294 e. The standard InChI is InChI=1S/C20H23F3N4OS2/c21-20(22,23)14-26-7-3-6-25(8-9-26)13-19(28)27-16(18-5-2-11-30-18)12-15(24-27)17-4-1-10-29-17/h1-2,4-5,10-11,16H,3,6-9,12-14H2. The second kappa shape index (κ2) is 9.17. The van der Waals surface area contributed by atoms with Gasteiger partial charge < -0.3 is 0 Å². The van der Waals surface area contributed by atoms with Crippen LogP contribution >= 0.6 is 22.7 Å². The van der Waals surface area contributed by atoms with Crippen LogP contribution in [0.1, 0.15) is 28.6 Å². The molecule has 0 N–H and O–H groups in total. The van der Waals surface area contributed by atoms with Gasteiger partial charge in [0.15, 0.2) is 0 Å². The molecule has 0 aliphatic carbocycles. The zero-order chi connectivity index (χ0) is 21.1. The van der Waals surface area contributed by atoms with Crippen LogP contribution in [0.3, 0.4) is 0 Å². The molecule has 1 saturated heterocycles. The summed E-state index contributed by atoms with van der Waals surface area (Å²) in [4.78, 5) is 18.7. The van der Waals surface area contributed by atoms with Crippen LogP contribution in [0.25, 0.3) is 0 Å². The van der Waals surface area contributed by atoms with Crippen molar-refractivity contribution in [2.45, 2.75) is 25.1 Å². The fourth-order valence-corrected chi connectivity index (χ4v) is 5.43. The molecule has 0 saturated carbocycles. The van der Waals surface area contributed by atoms with Crippen molar-refractivity contribution >= 4 is 34.3 Å². The summed E-state index contributed by atoms with van der Waals surface area (Å²) >= 11 is 3.21. The number of thiophene rings is 2. The van der Waals surface area contributed by atoms with Crippen molar-refractivity contribution < 1.29 is 18.0 Å². The number of hydrogen-bond donors (Lipinski definition) is 0. The van der Waals surface area contributed by atoms with Crippen molar-refractivity contribution in [3.05, 3.63) is 44.8 Å². The van der Waals surface area contributed by atoms with Crippen LogP contribution in [0.2, 0.25) is 0 Å². The van der Waals surface area contributed by atoms with Crippen LogP contribution in [0.5, 0.6) is 0 Å². The van der Waals surface area contributed by atoms with Gasteiger partial charge in [-0.2, -0.15) is 18.3 Å². The van der Waals surface area contributed by atoms with E-state index in [-0.39, 0.29) is 18.5 Å². The lowest BCUT2D eigenvalue weighted by atomic mass is 10.1. The van der Waals surface area contributed by atoms with Gasteiger partial charge in [0.05, 0.1) is 29.7 Å². The van der Waals surface area contributed by atoms with E-state index in [4.69, 9.17) is 0 Å². The molecule has 2 aliphatic rings. The quantitative estimate of drug-likeness (QED) is 0.681. The minimum absolute atomic E-state index is 0.107. The first-order chi connectivity index (χ1) is 14.4. The van der Waals surface area contributed by atoms with Gasteiger partial charge >= 0.3 is 6.18 Å². The third-order valence-corrected chi connectivity index (χ3v) is 7.18. The Morgan fingerprint density at radius 2 is 1.80 bits per heavy atom. The number of hydrazone groups is 1. The molecule has 2 aliphatic heterocycles. The van der Waals surface area contributed by atoms with E-state index in [1.54, 1.807) is 27.7 Å². The van der Waals surface area contributed by atoms with Gasteiger partial charge in [0.1, 0.15) is 0 Å². The normalized spacial score (nSPS) is 21.6. The summed E-state index contributed by atoms with van der Waals surface area (Å²) in [6.07, 6.45) is -2.91. The lowest BCUT2D eigenvalue weighted by Gasteiger charge is -2.25. The highest BCUT2D eigenvalue weighted by Gasteiger charge is 2.35. The maximum absolute atomic E-state index is 13.1. The molecule has 4 rings (SSSR count). The number of hydrogen-bond acceptors (Lipinski definition) is 6. The molecule has 1 fully saturated rings. The molecule has 5 nitrogen and oxygen atoms in total. The monoisotopic (exact) mass is 456 g/mol. The summed E-state index contributed by atoms with van der Waals surface area (Å²) < 4.78 is 38.1. The molecule has 30 heavy (non-hydrogen) atoms. The fraction of sp³-hybridized carbons (Fsp3) is 0.500. The maximum Gasteiger partial charge on any atom is 0.401 e. The smallest absolute Gasteiger partial charge is 0.294 e. The molecule has 0 bridgehead atoms. The lowest BCUT2D eigenvalue weighted by Crippen LogP contribution is -2.41. The predicted molar refractivity (Wildman–Crippen MR) is 113 cm³/mol. The van der Waals surface area contributed by atoms with Gasteiger partial charge in [-0.3, -0.25) is 14.6 Å². The van der Waals surface area contributed by atoms with Gasteiger partial charge in [0.25, 0.3) is 5.91 Å². The zero-order valence-corrected chi connectivity index (χ0v) is 18.0. The SMILES string of the molecule is O=C(CN1CCCN(CC(F)(F)F)CC1)N1N=C(c2cccs2)CC1c1cccs1. The third-order valence-electron chi connectivity index (χ3n) is 5.29. The van der Waals surface area contributed by atoms with Crippen LogP contribution in [0.4, 0.5) is 13.2 Å². The van der Waals surface area contributed by atoms with Gasteiger partial charge in [-0.25, -0.2) is 5.01 Å². The Morgan fingerprint density at radius 3 is 2.50 bits per heavy atom. The van der Waals surface area contributed by atoms with Crippen LogP contribution in [-0.2, 0) is 4.79 Å². The van der Waals surface area contributed by atoms with Crippen LogP contribution in [0, 0.1) is 0 Å². The Labute approximate surface area is 181 Å². The van der Waals surface area contributed by atoms with Crippen LogP contribution in [0.15, 0.2) is 40.1 Å². The highest BCUT2D eigenvalue weighted by atomic mass is 32.1. The Kier molecular flexibility index (Phi) is 6.57. The van der Waals surface area contributed by atoms with E-state index >= 15 is 0 Å². The molecule has 0 radical (unpaired) electrons. The number of halogens is 3. The van der Waals surface area contributed by atoms with Crippen molar-refractivity contribution in [2.75, 3.05) is 39.3 Å². The number of rotatable bonds is 5. The first-order valence-electron chi connectivity index (χ1n) is 9.87. The van der Waals surface area contributed by atoms with Crippen molar-refractivity contribution in [3.63, 3.8) is 0 Å². The summed E-state index contributed by atoms with van der Waals surface area (Å²) in [6.45, 7) is 1.04. The van der Waals surface area contributed by atoms with Crippen molar-refractivity contribution in [1.82, 2.24) is 14.8 Å². The van der Waals surface area contributed by atoms with E-state index < -0.39 is 12.7 Å². The molecular formula is C20H23F3N4OS2. The second-order valence-electron chi connectivity index (χ2n) is 7.52. The van der Waals surface area contributed by atoms with E-state index in [1.807, 2.05) is 39.9 Å². The molecular weight excluding hydrogens is 433 g/mol. The Hall–Kier alpha value is -1.75. The van der Waals surface area contributed by atoms with Gasteiger partial charge in [-0.05, 0) is 42.4 Å². The second-order valence-corrected chi connectivity index (χ2v) is 9.45. The number of nitrogens with zero attached hydrogens (tertiary/aromatic N) is 4. The summed E-state index contributed by atoms with van der Waals surface area (Å²) in [6, 6.07) is 7.84. The van der Waals surface area contributed by atoms with Gasteiger partial charge in [-0.15, -0.1) is 22.7 Å². The largest absolute Gasteiger partial charge is 0.401 e. The molecule has 4 heterocycles. The summed E-state index contributed by atoms with van der Waals surface area (Å²) in [7, 11) is 0. The zero-order valence-electron chi connectivity index (χ0n) is 16.3. The van der Waals surface area contributed by atoms with E-state index in [9.17, 15) is 18.0 Å². The van der Waals surface area contributed by atoms with Gasteiger partial charge in [0.2, 0.25) is 0 Å². The van der Waals surface area contributed by atoms with Gasteiger partial charge in [0, 0.05) is 24.4 Å². The maximum atomic E-state index is 13.1. The lowest BCUT2D eigenvalue weighted by molar-refractivity contribution is -0.145. The number of carbonyl (C=O) groups is 1. The van der Waals surface area contributed by atoms with Crippen molar-refractivity contribution in [1.29, 1.82) is 0 Å². The Morgan fingerprint density at radius 1 is 1.07 bits per heavy atom. The Balaban J connectivity index is 1.43. The highest BCUT2D eigenvalue weighted by Crippen LogP contribution is 2.36. The summed E-state index contributed by atoms with van der Waals surface area (Å²) in [5.74, 6) is -0.107.